The van der Waals surface area contributed by atoms with Crippen LogP contribution >= 0.6 is 11.6 Å². The molecule has 0 saturated heterocycles. The van der Waals surface area contributed by atoms with Crippen LogP contribution in [0.2, 0.25) is 5.02 Å². The zero-order valence-corrected chi connectivity index (χ0v) is 9.66. The van der Waals surface area contributed by atoms with E-state index in [1.807, 2.05) is 0 Å². The topological polar surface area (TPSA) is 65.3 Å². The Morgan fingerprint density at radius 2 is 2.38 bits per heavy atom. The fourth-order valence-electron chi connectivity index (χ4n) is 1.29. The van der Waals surface area contributed by atoms with Gasteiger partial charge >= 0.3 is 0 Å². The highest BCUT2D eigenvalue weighted by Crippen LogP contribution is 2.21. The SMILES string of the molecule is COCC(CO)Nc1cc(Cl)ccc1C#N. The summed E-state index contributed by atoms with van der Waals surface area (Å²) in [6.45, 7) is 0.277. The first-order chi connectivity index (χ1) is 7.71. The summed E-state index contributed by atoms with van der Waals surface area (Å²) in [4.78, 5) is 0. The first-order valence-corrected chi connectivity index (χ1v) is 5.15. The molecule has 0 amide bonds. The van der Waals surface area contributed by atoms with Gasteiger partial charge in [0, 0.05) is 12.1 Å². The van der Waals surface area contributed by atoms with E-state index in [1.54, 1.807) is 25.3 Å². The minimum absolute atomic E-state index is 0.0782. The number of nitrogens with zero attached hydrogens (tertiary/aromatic N) is 1. The Labute approximate surface area is 99.4 Å². The molecule has 0 fully saturated rings. The van der Waals surface area contributed by atoms with Gasteiger partial charge in [0.25, 0.3) is 0 Å². The van der Waals surface area contributed by atoms with Crippen LogP contribution in [-0.4, -0.2) is 31.5 Å². The number of nitriles is 1. The predicted octanol–water partition coefficient (Wildman–Crippen LogP) is 1.63. The molecule has 0 aliphatic carbocycles. The number of halogens is 1. The van der Waals surface area contributed by atoms with Gasteiger partial charge in [-0.2, -0.15) is 5.26 Å². The number of anilines is 1. The second-order valence-corrected chi connectivity index (χ2v) is 3.72. The van der Waals surface area contributed by atoms with Crippen LogP contribution in [0.1, 0.15) is 5.56 Å². The average molecular weight is 241 g/mol. The molecule has 1 atom stereocenters. The van der Waals surface area contributed by atoms with E-state index < -0.39 is 0 Å². The lowest BCUT2D eigenvalue weighted by atomic mass is 10.2. The number of hydrogen-bond acceptors (Lipinski definition) is 4. The third kappa shape index (κ3) is 3.38. The molecule has 5 heteroatoms. The van der Waals surface area contributed by atoms with Crippen molar-refractivity contribution in [1.82, 2.24) is 0 Å². The van der Waals surface area contributed by atoms with Crippen molar-refractivity contribution < 1.29 is 9.84 Å². The molecule has 0 aromatic heterocycles. The van der Waals surface area contributed by atoms with Gasteiger partial charge in [-0.3, -0.25) is 0 Å². The quantitative estimate of drug-likeness (QED) is 0.821. The first kappa shape index (κ1) is 12.8. The van der Waals surface area contributed by atoms with Crippen LogP contribution in [0.5, 0.6) is 0 Å². The summed E-state index contributed by atoms with van der Waals surface area (Å²) in [5.41, 5.74) is 1.09. The number of aliphatic hydroxyl groups is 1. The van der Waals surface area contributed by atoms with Gasteiger partial charge in [-0.25, -0.2) is 0 Å². The second-order valence-electron chi connectivity index (χ2n) is 3.28. The van der Waals surface area contributed by atoms with Crippen molar-refractivity contribution >= 4 is 17.3 Å². The predicted molar refractivity (Wildman–Crippen MR) is 62.5 cm³/mol. The third-order valence-corrected chi connectivity index (χ3v) is 2.29. The van der Waals surface area contributed by atoms with Gasteiger partial charge in [0.2, 0.25) is 0 Å². The zero-order chi connectivity index (χ0) is 12.0. The monoisotopic (exact) mass is 240 g/mol. The van der Waals surface area contributed by atoms with Crippen molar-refractivity contribution in [2.75, 3.05) is 25.6 Å². The Bertz CT molecular complexity index is 390. The Balaban J connectivity index is 2.86. The molecule has 4 nitrogen and oxygen atoms in total. The van der Waals surface area contributed by atoms with Gasteiger partial charge in [0.15, 0.2) is 0 Å². The first-order valence-electron chi connectivity index (χ1n) is 4.77. The Hall–Kier alpha value is -1.28. The van der Waals surface area contributed by atoms with E-state index in [2.05, 4.69) is 11.4 Å². The van der Waals surface area contributed by atoms with Gasteiger partial charge in [-0.1, -0.05) is 11.6 Å². The molecule has 0 saturated carbocycles. The Kier molecular flexibility index (Phi) is 5.06. The molecular weight excluding hydrogens is 228 g/mol. The largest absolute Gasteiger partial charge is 0.394 e. The highest BCUT2D eigenvalue weighted by molar-refractivity contribution is 6.30. The number of rotatable bonds is 5. The summed E-state index contributed by atoms with van der Waals surface area (Å²) < 4.78 is 4.93. The van der Waals surface area contributed by atoms with E-state index >= 15 is 0 Å². The maximum atomic E-state index is 9.09. The molecule has 0 radical (unpaired) electrons. The molecule has 86 valence electrons. The zero-order valence-electron chi connectivity index (χ0n) is 8.90. The lowest BCUT2D eigenvalue weighted by molar-refractivity contribution is 0.153. The molecular formula is C11H13ClN2O2. The van der Waals surface area contributed by atoms with Crippen LogP contribution in [0.3, 0.4) is 0 Å². The number of hydrogen-bond donors (Lipinski definition) is 2. The fourth-order valence-corrected chi connectivity index (χ4v) is 1.47. The van der Waals surface area contributed by atoms with Crippen molar-refractivity contribution in [1.29, 1.82) is 5.26 Å². The molecule has 1 aromatic carbocycles. The maximum Gasteiger partial charge on any atom is 0.101 e. The van der Waals surface area contributed by atoms with Crippen molar-refractivity contribution in [3.63, 3.8) is 0 Å². The average Bonchev–Trinajstić information content (AvgIpc) is 2.29. The fraction of sp³-hybridized carbons (Fsp3) is 0.364. The highest BCUT2D eigenvalue weighted by atomic mass is 35.5. The summed E-state index contributed by atoms with van der Waals surface area (Å²) in [5.74, 6) is 0. The Morgan fingerprint density at radius 1 is 1.62 bits per heavy atom. The summed E-state index contributed by atoms with van der Waals surface area (Å²) in [6.07, 6.45) is 0. The molecule has 0 heterocycles. The standard InChI is InChI=1S/C11H13ClN2O2/c1-16-7-10(6-15)14-11-4-9(12)3-2-8(11)5-13/h2-4,10,14-15H,6-7H2,1H3. The molecule has 2 N–H and O–H groups in total. The van der Waals surface area contributed by atoms with E-state index in [0.717, 1.165) is 0 Å². The van der Waals surface area contributed by atoms with Crippen LogP contribution in [-0.2, 0) is 4.74 Å². The molecule has 1 aromatic rings. The van der Waals surface area contributed by atoms with Gasteiger partial charge in [0.05, 0.1) is 30.5 Å². The lowest BCUT2D eigenvalue weighted by Gasteiger charge is -2.17. The minimum Gasteiger partial charge on any atom is -0.394 e. The Morgan fingerprint density at radius 3 is 2.94 bits per heavy atom. The summed E-state index contributed by atoms with van der Waals surface area (Å²) in [6, 6.07) is 6.73. The van der Waals surface area contributed by atoms with Crippen molar-refractivity contribution in [3.8, 4) is 6.07 Å². The van der Waals surface area contributed by atoms with Crippen molar-refractivity contribution in [3.05, 3.63) is 28.8 Å². The molecule has 1 rings (SSSR count). The smallest absolute Gasteiger partial charge is 0.101 e. The van der Waals surface area contributed by atoms with Gasteiger partial charge in [0.1, 0.15) is 6.07 Å². The lowest BCUT2D eigenvalue weighted by Crippen LogP contribution is -2.29. The summed E-state index contributed by atoms with van der Waals surface area (Å²) >= 11 is 5.83. The van der Waals surface area contributed by atoms with Crippen molar-refractivity contribution in [2.45, 2.75) is 6.04 Å². The van der Waals surface area contributed by atoms with E-state index in [-0.39, 0.29) is 12.6 Å². The van der Waals surface area contributed by atoms with Crippen molar-refractivity contribution in [2.24, 2.45) is 0 Å². The van der Waals surface area contributed by atoms with Crippen LogP contribution < -0.4 is 5.32 Å². The van der Waals surface area contributed by atoms with Gasteiger partial charge in [-0.05, 0) is 18.2 Å². The number of benzene rings is 1. The number of nitrogens with one attached hydrogen (secondary N) is 1. The maximum absolute atomic E-state index is 9.09. The van der Waals surface area contributed by atoms with Crippen LogP contribution in [0.25, 0.3) is 0 Å². The molecule has 0 bridgehead atoms. The number of methoxy groups -OCH3 is 1. The minimum atomic E-state index is -0.254. The molecule has 0 aliphatic heterocycles. The van der Waals surface area contributed by atoms with Crippen LogP contribution in [0.15, 0.2) is 18.2 Å². The highest BCUT2D eigenvalue weighted by Gasteiger charge is 2.10. The van der Waals surface area contributed by atoms with E-state index in [1.165, 1.54) is 0 Å². The number of ether oxygens (including phenoxy) is 1. The van der Waals surface area contributed by atoms with Crippen LogP contribution in [0.4, 0.5) is 5.69 Å². The summed E-state index contributed by atoms with van der Waals surface area (Å²) in [5, 5.41) is 21.5. The molecule has 0 aliphatic rings. The van der Waals surface area contributed by atoms with E-state index in [9.17, 15) is 0 Å². The van der Waals surface area contributed by atoms with E-state index in [0.29, 0.717) is 22.9 Å². The normalized spacial score (nSPS) is 11.9. The number of aliphatic hydroxyl groups excluding tert-OH is 1. The molecule has 16 heavy (non-hydrogen) atoms. The third-order valence-electron chi connectivity index (χ3n) is 2.05. The second kappa shape index (κ2) is 6.33. The van der Waals surface area contributed by atoms with E-state index in [4.69, 9.17) is 26.7 Å². The van der Waals surface area contributed by atoms with Gasteiger partial charge in [-0.15, -0.1) is 0 Å². The molecule has 0 spiro atoms. The van der Waals surface area contributed by atoms with Gasteiger partial charge < -0.3 is 15.2 Å². The van der Waals surface area contributed by atoms with Crippen LogP contribution in [0, 0.1) is 11.3 Å². The summed E-state index contributed by atoms with van der Waals surface area (Å²) in [7, 11) is 1.55. The molecule has 1 unspecified atom stereocenters.